The lowest BCUT2D eigenvalue weighted by molar-refractivity contribution is 0.130. The molecule has 0 saturated heterocycles. The smallest absolute Gasteiger partial charge is 0.148 e. The molecule has 4 aromatic rings. The van der Waals surface area contributed by atoms with E-state index in [1.807, 2.05) is 41.8 Å². The van der Waals surface area contributed by atoms with E-state index in [4.69, 9.17) is 0 Å². The van der Waals surface area contributed by atoms with E-state index in [1.54, 1.807) is 0 Å². The van der Waals surface area contributed by atoms with Gasteiger partial charge in [-0.1, -0.05) is 43.3 Å². The second-order valence-corrected chi connectivity index (χ2v) is 6.69. The van der Waals surface area contributed by atoms with Crippen LogP contribution in [0.15, 0.2) is 60.8 Å². The summed E-state index contributed by atoms with van der Waals surface area (Å²) in [6.07, 6.45) is 1.99. The van der Waals surface area contributed by atoms with Crippen LogP contribution in [0.1, 0.15) is 35.7 Å². The summed E-state index contributed by atoms with van der Waals surface area (Å²) in [5.74, 6) is 0. The molecule has 0 aliphatic heterocycles. The molecule has 0 spiro atoms. The van der Waals surface area contributed by atoms with E-state index in [0.29, 0.717) is 6.54 Å². The first-order chi connectivity index (χ1) is 12.7. The van der Waals surface area contributed by atoms with Gasteiger partial charge in [0.25, 0.3) is 0 Å². The molecule has 26 heavy (non-hydrogen) atoms. The molecule has 0 amide bonds. The summed E-state index contributed by atoms with van der Waals surface area (Å²) in [6.45, 7) is 4.71. The molecule has 0 saturated carbocycles. The molecule has 1 atom stereocenters. The van der Waals surface area contributed by atoms with Gasteiger partial charge >= 0.3 is 0 Å². The molecule has 2 N–H and O–H groups in total. The second-order valence-electron chi connectivity index (χ2n) is 6.69. The van der Waals surface area contributed by atoms with Crippen molar-refractivity contribution in [2.75, 3.05) is 0 Å². The Hall–Kier alpha value is -2.69. The summed E-state index contributed by atoms with van der Waals surface area (Å²) < 4.78 is 1.98. The second kappa shape index (κ2) is 6.90. The number of hydrogen-bond donors (Lipinski definition) is 2. The van der Waals surface area contributed by atoms with Gasteiger partial charge in [-0.2, -0.15) is 0 Å². The van der Waals surface area contributed by atoms with Crippen LogP contribution in [0.4, 0.5) is 0 Å². The number of aliphatic hydroxyl groups is 1. The number of fused-ring (bicyclic) bond motifs is 2. The molecule has 0 fully saturated rings. The lowest BCUT2D eigenvalue weighted by atomic mass is 10.1. The fourth-order valence-corrected chi connectivity index (χ4v) is 3.42. The van der Waals surface area contributed by atoms with Crippen molar-refractivity contribution in [3.05, 3.63) is 83.3 Å². The third-order valence-electron chi connectivity index (χ3n) is 4.80. The largest absolute Gasteiger partial charge is 0.373 e. The van der Waals surface area contributed by atoms with Gasteiger partial charge in [0.05, 0.1) is 11.4 Å². The summed E-state index contributed by atoms with van der Waals surface area (Å²) in [6, 6.07) is 18.8. The van der Waals surface area contributed by atoms with E-state index in [2.05, 4.69) is 47.6 Å². The quantitative estimate of drug-likeness (QED) is 0.535. The zero-order valence-corrected chi connectivity index (χ0v) is 15.1. The SMILES string of the molecule is CCc1nc2cc(C)ccn2c1C(O)NCc1ccc2ccccc2c1. The lowest BCUT2D eigenvalue weighted by Crippen LogP contribution is -2.22. The third-order valence-corrected chi connectivity index (χ3v) is 4.80. The van der Waals surface area contributed by atoms with Crippen LogP contribution < -0.4 is 5.32 Å². The van der Waals surface area contributed by atoms with Crippen LogP contribution in [0.3, 0.4) is 0 Å². The summed E-state index contributed by atoms with van der Waals surface area (Å²) >= 11 is 0. The fourth-order valence-electron chi connectivity index (χ4n) is 3.42. The summed E-state index contributed by atoms with van der Waals surface area (Å²) in [5, 5.41) is 16.5. The Kier molecular flexibility index (Phi) is 4.45. The molecule has 2 aromatic carbocycles. The van der Waals surface area contributed by atoms with Gasteiger partial charge in [-0.05, 0) is 53.4 Å². The summed E-state index contributed by atoms with van der Waals surface area (Å²) in [4.78, 5) is 4.67. The van der Waals surface area contributed by atoms with Gasteiger partial charge in [-0.3, -0.25) is 9.72 Å². The van der Waals surface area contributed by atoms with Crippen molar-refractivity contribution < 1.29 is 5.11 Å². The lowest BCUT2D eigenvalue weighted by Gasteiger charge is -2.15. The highest BCUT2D eigenvalue weighted by atomic mass is 16.3. The highest BCUT2D eigenvalue weighted by Gasteiger charge is 2.18. The third kappa shape index (κ3) is 3.09. The minimum Gasteiger partial charge on any atom is -0.373 e. The van der Waals surface area contributed by atoms with Crippen LogP contribution in [-0.4, -0.2) is 14.5 Å². The standard InChI is InChI=1S/C22H23N3O/c1-3-19-21(25-11-10-15(2)12-20(25)24-19)22(26)23-14-16-8-9-17-6-4-5-7-18(17)13-16/h4-13,22-23,26H,3,14H2,1-2H3. The maximum absolute atomic E-state index is 10.8. The van der Waals surface area contributed by atoms with E-state index >= 15 is 0 Å². The maximum Gasteiger partial charge on any atom is 0.148 e. The number of hydrogen-bond acceptors (Lipinski definition) is 3. The zero-order chi connectivity index (χ0) is 18.1. The molecule has 2 heterocycles. The summed E-state index contributed by atoms with van der Waals surface area (Å²) in [5.41, 5.74) is 4.93. The number of benzene rings is 2. The van der Waals surface area contributed by atoms with E-state index in [-0.39, 0.29) is 0 Å². The van der Waals surface area contributed by atoms with Gasteiger partial charge in [0, 0.05) is 12.7 Å². The minimum absolute atomic E-state index is 0.592. The predicted molar refractivity (Wildman–Crippen MR) is 105 cm³/mol. The van der Waals surface area contributed by atoms with Crippen LogP contribution in [0, 0.1) is 6.92 Å². The molecular weight excluding hydrogens is 322 g/mol. The number of nitrogens with one attached hydrogen (secondary N) is 1. The summed E-state index contributed by atoms with van der Waals surface area (Å²) in [7, 11) is 0. The van der Waals surface area contributed by atoms with E-state index in [0.717, 1.165) is 34.6 Å². The van der Waals surface area contributed by atoms with Gasteiger partial charge in [-0.15, -0.1) is 0 Å². The molecule has 4 nitrogen and oxygen atoms in total. The molecule has 0 aliphatic carbocycles. The topological polar surface area (TPSA) is 49.6 Å². The van der Waals surface area contributed by atoms with Crippen LogP contribution >= 0.6 is 0 Å². The van der Waals surface area contributed by atoms with Crippen molar-refractivity contribution in [2.45, 2.75) is 33.0 Å². The van der Waals surface area contributed by atoms with Gasteiger partial charge in [-0.25, -0.2) is 4.98 Å². The first kappa shape index (κ1) is 16.8. The molecule has 1 unspecified atom stereocenters. The van der Waals surface area contributed by atoms with Gasteiger partial charge in [0.2, 0.25) is 0 Å². The number of imidazole rings is 1. The van der Waals surface area contributed by atoms with Crippen molar-refractivity contribution in [3.63, 3.8) is 0 Å². The van der Waals surface area contributed by atoms with Gasteiger partial charge < -0.3 is 5.11 Å². The Morgan fingerprint density at radius 3 is 2.69 bits per heavy atom. The minimum atomic E-state index is -0.769. The van der Waals surface area contributed by atoms with Crippen LogP contribution in [0.5, 0.6) is 0 Å². The van der Waals surface area contributed by atoms with Crippen LogP contribution in [0.25, 0.3) is 16.4 Å². The Morgan fingerprint density at radius 1 is 1.08 bits per heavy atom. The number of aromatic nitrogens is 2. The monoisotopic (exact) mass is 345 g/mol. The number of aliphatic hydroxyl groups excluding tert-OH is 1. The molecule has 4 heteroatoms. The molecule has 132 valence electrons. The molecule has 0 radical (unpaired) electrons. The first-order valence-corrected chi connectivity index (χ1v) is 9.02. The Bertz CT molecular complexity index is 1070. The van der Waals surface area contributed by atoms with Crippen LogP contribution in [0.2, 0.25) is 0 Å². The fraction of sp³-hybridized carbons (Fsp3) is 0.227. The first-order valence-electron chi connectivity index (χ1n) is 9.02. The Labute approximate surface area is 153 Å². The predicted octanol–water partition coefficient (Wildman–Crippen LogP) is 4.14. The van der Waals surface area contributed by atoms with Crippen molar-refractivity contribution >= 4 is 16.4 Å². The van der Waals surface area contributed by atoms with E-state index in [9.17, 15) is 5.11 Å². The van der Waals surface area contributed by atoms with Gasteiger partial charge in [0.15, 0.2) is 0 Å². The highest BCUT2D eigenvalue weighted by molar-refractivity contribution is 5.82. The normalized spacial score (nSPS) is 12.7. The zero-order valence-electron chi connectivity index (χ0n) is 15.1. The molecular formula is C22H23N3O. The number of aryl methyl sites for hydroxylation is 2. The Balaban J connectivity index is 1.59. The highest BCUT2D eigenvalue weighted by Crippen LogP contribution is 2.21. The van der Waals surface area contributed by atoms with E-state index < -0.39 is 6.23 Å². The Morgan fingerprint density at radius 2 is 1.88 bits per heavy atom. The van der Waals surface area contributed by atoms with Crippen molar-refractivity contribution in [3.8, 4) is 0 Å². The number of pyridine rings is 1. The van der Waals surface area contributed by atoms with Crippen molar-refractivity contribution in [1.82, 2.24) is 14.7 Å². The molecule has 0 bridgehead atoms. The number of nitrogens with zero attached hydrogens (tertiary/aromatic N) is 2. The average molecular weight is 345 g/mol. The van der Waals surface area contributed by atoms with Crippen molar-refractivity contribution in [1.29, 1.82) is 0 Å². The molecule has 4 rings (SSSR count). The average Bonchev–Trinajstić information content (AvgIpc) is 3.03. The van der Waals surface area contributed by atoms with Crippen molar-refractivity contribution in [2.24, 2.45) is 0 Å². The maximum atomic E-state index is 10.8. The molecule has 0 aliphatic rings. The van der Waals surface area contributed by atoms with E-state index in [1.165, 1.54) is 10.8 Å². The van der Waals surface area contributed by atoms with Gasteiger partial charge in [0.1, 0.15) is 11.9 Å². The van der Waals surface area contributed by atoms with Crippen LogP contribution in [-0.2, 0) is 13.0 Å². The molecule has 2 aromatic heterocycles. The number of rotatable bonds is 5.